The Morgan fingerprint density at radius 2 is 1.58 bits per heavy atom. The molecule has 0 aliphatic rings. The van der Waals surface area contributed by atoms with Crippen molar-refractivity contribution in [2.24, 2.45) is 0 Å². The van der Waals surface area contributed by atoms with Crippen LogP contribution in [-0.2, 0) is 32.3 Å². The van der Waals surface area contributed by atoms with E-state index >= 15 is 0 Å². The number of carbonyl (C=O) groups is 2. The molecule has 0 aromatic heterocycles. The number of halogens is 5. The third kappa shape index (κ3) is 8.47. The van der Waals surface area contributed by atoms with Gasteiger partial charge in [-0.1, -0.05) is 48.4 Å². The average molecular weight is 642 g/mol. The zero-order valence-corrected chi connectivity index (χ0v) is 25.5. The molecule has 0 aliphatic heterocycles. The number of hydrogen-bond donors (Lipinski definition) is 1. The molecule has 0 spiro atoms. The predicted octanol–water partition coefficient (Wildman–Crippen LogP) is 6.33. The first-order valence-electron chi connectivity index (χ1n) is 13.3. The molecule has 3 aromatic carbocycles. The van der Waals surface area contributed by atoms with Crippen molar-refractivity contribution in [2.45, 2.75) is 63.8 Å². The number of hydrogen-bond acceptors (Lipinski definition) is 4. The molecule has 3 aromatic rings. The third-order valence-electron chi connectivity index (χ3n) is 6.51. The number of amides is 2. The maximum Gasteiger partial charge on any atom is 0.417 e. The van der Waals surface area contributed by atoms with Crippen LogP contribution in [0.3, 0.4) is 0 Å². The van der Waals surface area contributed by atoms with Gasteiger partial charge in [-0.2, -0.15) is 13.2 Å². The second-order valence-corrected chi connectivity index (χ2v) is 12.5. The number of sulfonamides is 1. The highest BCUT2D eigenvalue weighted by Gasteiger charge is 2.37. The summed E-state index contributed by atoms with van der Waals surface area (Å²) in [5, 5.41) is 2.09. The predicted molar refractivity (Wildman–Crippen MR) is 156 cm³/mol. The van der Waals surface area contributed by atoms with E-state index < -0.39 is 62.7 Å². The molecule has 0 bridgehead atoms. The van der Waals surface area contributed by atoms with Crippen LogP contribution in [0.15, 0.2) is 71.6 Å². The van der Waals surface area contributed by atoms with Gasteiger partial charge in [0.15, 0.2) is 0 Å². The van der Waals surface area contributed by atoms with Crippen LogP contribution in [0.4, 0.5) is 23.2 Å². The van der Waals surface area contributed by atoms with E-state index in [-0.39, 0.29) is 23.9 Å². The summed E-state index contributed by atoms with van der Waals surface area (Å²) in [6.07, 6.45) is -4.78. The van der Waals surface area contributed by atoms with Crippen LogP contribution in [0.1, 0.15) is 43.9 Å². The number of rotatable bonds is 11. The van der Waals surface area contributed by atoms with E-state index in [0.717, 1.165) is 22.6 Å². The van der Waals surface area contributed by atoms with Gasteiger partial charge < -0.3 is 10.2 Å². The summed E-state index contributed by atoms with van der Waals surface area (Å²) in [5.74, 6) is -1.90. The van der Waals surface area contributed by atoms with Gasteiger partial charge in [-0.3, -0.25) is 13.9 Å². The molecule has 0 fully saturated rings. The number of nitrogens with one attached hydrogen (secondary N) is 1. The molecular formula is C30H32ClF4N3O4S. The third-order valence-corrected chi connectivity index (χ3v) is 8.63. The maximum atomic E-state index is 14.0. The molecular weight excluding hydrogens is 610 g/mol. The second kappa shape index (κ2) is 13.8. The Labute approximate surface area is 253 Å². The van der Waals surface area contributed by atoms with Gasteiger partial charge in [0, 0.05) is 12.6 Å². The topological polar surface area (TPSA) is 86.8 Å². The van der Waals surface area contributed by atoms with Crippen molar-refractivity contribution in [3.05, 3.63) is 94.3 Å². The summed E-state index contributed by atoms with van der Waals surface area (Å²) in [6, 6.07) is 12.0. The van der Waals surface area contributed by atoms with Gasteiger partial charge >= 0.3 is 6.18 Å². The van der Waals surface area contributed by atoms with Gasteiger partial charge in [0.1, 0.15) is 18.4 Å². The average Bonchev–Trinajstić information content (AvgIpc) is 2.92. The lowest BCUT2D eigenvalue weighted by molar-refractivity contribution is -0.140. The molecule has 2 amide bonds. The van der Waals surface area contributed by atoms with E-state index in [9.17, 15) is 35.6 Å². The van der Waals surface area contributed by atoms with E-state index in [0.29, 0.717) is 15.9 Å². The molecule has 43 heavy (non-hydrogen) atoms. The van der Waals surface area contributed by atoms with Crippen molar-refractivity contribution in [2.75, 3.05) is 10.8 Å². The molecule has 13 heteroatoms. The molecule has 1 atom stereocenters. The van der Waals surface area contributed by atoms with Crippen LogP contribution in [0.25, 0.3) is 0 Å². The zero-order chi connectivity index (χ0) is 32.1. The van der Waals surface area contributed by atoms with E-state index in [1.165, 1.54) is 48.5 Å². The number of carbonyl (C=O) groups excluding carboxylic acids is 2. The van der Waals surface area contributed by atoms with Crippen LogP contribution in [-0.4, -0.2) is 43.8 Å². The lowest BCUT2D eigenvalue weighted by Crippen LogP contribution is -2.53. The van der Waals surface area contributed by atoms with Crippen LogP contribution in [0.5, 0.6) is 0 Å². The van der Waals surface area contributed by atoms with Gasteiger partial charge in [-0.25, -0.2) is 12.8 Å². The zero-order valence-electron chi connectivity index (χ0n) is 24.0. The number of anilines is 1. The second-order valence-electron chi connectivity index (χ2n) is 10.2. The minimum atomic E-state index is -4.91. The largest absolute Gasteiger partial charge is 0.417 e. The summed E-state index contributed by atoms with van der Waals surface area (Å²) >= 11 is 5.79. The van der Waals surface area contributed by atoms with Gasteiger partial charge in [-0.05, 0) is 75.2 Å². The monoisotopic (exact) mass is 641 g/mol. The minimum absolute atomic E-state index is 0.134. The summed E-state index contributed by atoms with van der Waals surface area (Å²) in [5.41, 5.74) is -0.551. The van der Waals surface area contributed by atoms with Crippen molar-refractivity contribution in [1.29, 1.82) is 0 Å². The lowest BCUT2D eigenvalue weighted by Gasteiger charge is -2.33. The van der Waals surface area contributed by atoms with Gasteiger partial charge in [0.2, 0.25) is 11.8 Å². The Morgan fingerprint density at radius 3 is 2.12 bits per heavy atom. The fourth-order valence-corrected chi connectivity index (χ4v) is 5.97. The fraction of sp³-hybridized carbons (Fsp3) is 0.333. The molecule has 0 radical (unpaired) electrons. The van der Waals surface area contributed by atoms with Crippen molar-refractivity contribution in [3.63, 3.8) is 0 Å². The van der Waals surface area contributed by atoms with E-state index in [4.69, 9.17) is 11.6 Å². The standard InChI is InChI=1S/C30H32ClF4N3O4S/c1-5-27(29(40)36-19(2)3)37(17-21-8-10-22(32)11-9-21)28(39)18-38(43(41,42)24-13-6-20(4)7-14-24)23-12-15-26(31)25(16-23)30(33,34)35/h6-16,19,27H,5,17-18H2,1-4H3,(H,36,40). The molecule has 1 N–H and O–H groups in total. The summed E-state index contributed by atoms with van der Waals surface area (Å²) in [7, 11) is -4.60. The molecule has 232 valence electrons. The van der Waals surface area contributed by atoms with Crippen molar-refractivity contribution in [1.82, 2.24) is 10.2 Å². The van der Waals surface area contributed by atoms with E-state index in [1.54, 1.807) is 27.7 Å². The minimum Gasteiger partial charge on any atom is -0.352 e. The molecule has 3 rings (SSSR count). The first-order valence-corrected chi connectivity index (χ1v) is 15.2. The highest BCUT2D eigenvalue weighted by Crippen LogP contribution is 2.38. The van der Waals surface area contributed by atoms with Gasteiger partial charge in [0.25, 0.3) is 10.0 Å². The summed E-state index contributed by atoms with van der Waals surface area (Å²) < 4.78 is 83.2. The first-order chi connectivity index (χ1) is 20.0. The van der Waals surface area contributed by atoms with E-state index in [2.05, 4.69) is 5.32 Å². The van der Waals surface area contributed by atoms with Crippen LogP contribution in [0, 0.1) is 12.7 Å². The Kier molecular flexibility index (Phi) is 10.8. The maximum absolute atomic E-state index is 14.0. The van der Waals surface area contributed by atoms with Crippen LogP contribution in [0.2, 0.25) is 5.02 Å². The van der Waals surface area contributed by atoms with Gasteiger partial charge in [0.05, 0.1) is 21.2 Å². The molecule has 0 saturated heterocycles. The molecule has 0 aliphatic carbocycles. The smallest absolute Gasteiger partial charge is 0.352 e. The Morgan fingerprint density at radius 1 is 0.977 bits per heavy atom. The quantitative estimate of drug-likeness (QED) is 0.248. The number of aryl methyl sites for hydroxylation is 1. The summed E-state index contributed by atoms with van der Waals surface area (Å²) in [6.45, 7) is 5.70. The lowest BCUT2D eigenvalue weighted by atomic mass is 10.1. The number of benzene rings is 3. The molecule has 1 unspecified atom stereocenters. The molecule has 0 saturated carbocycles. The van der Waals surface area contributed by atoms with Crippen molar-refractivity contribution >= 4 is 39.1 Å². The van der Waals surface area contributed by atoms with Crippen molar-refractivity contribution in [3.8, 4) is 0 Å². The highest BCUT2D eigenvalue weighted by atomic mass is 35.5. The van der Waals surface area contributed by atoms with Gasteiger partial charge in [-0.15, -0.1) is 0 Å². The first kappa shape index (κ1) is 33.9. The number of nitrogens with zero attached hydrogens (tertiary/aromatic N) is 2. The number of alkyl halides is 3. The van der Waals surface area contributed by atoms with E-state index in [1.807, 2.05) is 0 Å². The fourth-order valence-electron chi connectivity index (χ4n) is 4.34. The molecule has 7 nitrogen and oxygen atoms in total. The summed E-state index contributed by atoms with van der Waals surface area (Å²) in [4.78, 5) is 28.0. The SMILES string of the molecule is CCC(C(=O)NC(C)C)N(Cc1ccc(F)cc1)C(=O)CN(c1ccc(Cl)c(C(F)(F)F)c1)S(=O)(=O)c1ccc(C)cc1. The highest BCUT2D eigenvalue weighted by molar-refractivity contribution is 7.92. The Balaban J connectivity index is 2.15. The van der Waals surface area contributed by atoms with Crippen LogP contribution < -0.4 is 9.62 Å². The Bertz CT molecular complexity index is 1550. The molecule has 0 heterocycles. The van der Waals surface area contributed by atoms with Crippen LogP contribution >= 0.6 is 11.6 Å². The normalized spacial score (nSPS) is 12.6. The Hall–Kier alpha value is -3.64. The van der Waals surface area contributed by atoms with Crippen molar-refractivity contribution < 1.29 is 35.6 Å².